The van der Waals surface area contributed by atoms with Crippen LogP contribution in [0.3, 0.4) is 0 Å². The number of likely N-dealkylation sites (tertiary alicyclic amines) is 1. The maximum Gasteiger partial charge on any atom is 0.407 e. The third-order valence-electron chi connectivity index (χ3n) is 9.51. The zero-order valence-electron chi connectivity index (χ0n) is 24.5. The van der Waals surface area contributed by atoms with Crippen molar-refractivity contribution < 1.29 is 24.2 Å². The van der Waals surface area contributed by atoms with E-state index in [9.17, 15) is 14.7 Å². The number of aliphatic hydroxyl groups is 1. The summed E-state index contributed by atoms with van der Waals surface area (Å²) in [4.78, 5) is 28.8. The van der Waals surface area contributed by atoms with Crippen molar-refractivity contribution in [3.05, 3.63) is 35.9 Å². The molecule has 0 aromatic heterocycles. The molecule has 8 atom stereocenters. The number of aliphatic hydroxyl groups excluding tert-OH is 1. The standard InChI is InChI=1S/C32H49N3O5/c1-32(2,3)34-30(37)26-17-22-12-7-8-13-23(22)18-35(26)19-27(36)25(16-21-10-5-4-6-11-21)33-31(38)40-29-20-39-28-15-9-14-24(28)29/h4-6,10-11,22-29,36H,7-9,12-20H2,1-3H3,(H,33,38)(H,34,37)/t22-,23+,24-,25-,26-,27+,28+,29+/m0/s1. The van der Waals surface area contributed by atoms with Crippen LogP contribution in [0.2, 0.25) is 0 Å². The Kier molecular flexibility index (Phi) is 9.38. The second-order valence-corrected chi connectivity index (χ2v) is 13.7. The van der Waals surface area contributed by atoms with Gasteiger partial charge in [-0.2, -0.15) is 0 Å². The summed E-state index contributed by atoms with van der Waals surface area (Å²) >= 11 is 0. The molecular formula is C32H49N3O5. The first kappa shape index (κ1) is 29.3. The second kappa shape index (κ2) is 12.8. The molecule has 2 heterocycles. The van der Waals surface area contributed by atoms with E-state index in [2.05, 4.69) is 15.5 Å². The smallest absolute Gasteiger partial charge is 0.407 e. The predicted molar refractivity (Wildman–Crippen MR) is 154 cm³/mol. The number of amides is 2. The summed E-state index contributed by atoms with van der Waals surface area (Å²) in [6, 6.07) is 9.07. The number of nitrogens with zero attached hydrogens (tertiary/aromatic N) is 1. The largest absolute Gasteiger partial charge is 0.443 e. The molecule has 8 nitrogen and oxygen atoms in total. The van der Waals surface area contributed by atoms with Gasteiger partial charge in [0.1, 0.15) is 6.10 Å². The van der Waals surface area contributed by atoms with Crippen molar-refractivity contribution in [1.82, 2.24) is 15.5 Å². The summed E-state index contributed by atoms with van der Waals surface area (Å²) in [5.74, 6) is 1.40. The lowest BCUT2D eigenvalue weighted by Crippen LogP contribution is -2.60. The number of piperidine rings is 1. The molecule has 2 aliphatic carbocycles. The van der Waals surface area contributed by atoms with Crippen molar-refractivity contribution >= 4 is 12.0 Å². The van der Waals surface area contributed by atoms with Gasteiger partial charge in [0.05, 0.1) is 30.9 Å². The third-order valence-corrected chi connectivity index (χ3v) is 9.51. The number of β-amino-alcohol motifs (C(OH)–C–C–N with tert-alkyl or cyclic N) is 1. The van der Waals surface area contributed by atoms with Crippen LogP contribution >= 0.6 is 0 Å². The highest BCUT2D eigenvalue weighted by Gasteiger charge is 2.44. The Bertz CT molecular complexity index is 998. The molecule has 5 rings (SSSR count). The van der Waals surface area contributed by atoms with E-state index < -0.39 is 18.2 Å². The fourth-order valence-corrected chi connectivity index (χ4v) is 7.52. The zero-order chi connectivity index (χ0) is 28.3. The number of carbonyl (C=O) groups excluding carboxylic acids is 2. The second-order valence-electron chi connectivity index (χ2n) is 13.7. The van der Waals surface area contributed by atoms with Crippen LogP contribution in [0, 0.1) is 17.8 Å². The number of ether oxygens (including phenoxy) is 2. The Balaban J connectivity index is 1.29. The van der Waals surface area contributed by atoms with Gasteiger partial charge in [-0.3, -0.25) is 9.69 Å². The topological polar surface area (TPSA) is 100 Å². The number of fused-ring (bicyclic) bond motifs is 2. The molecule has 0 unspecified atom stereocenters. The number of benzene rings is 1. The molecule has 8 heteroatoms. The predicted octanol–water partition coefficient (Wildman–Crippen LogP) is 4.05. The normalized spacial score (nSPS) is 32.0. The summed E-state index contributed by atoms with van der Waals surface area (Å²) in [6.07, 6.45) is 7.86. The van der Waals surface area contributed by atoms with Crippen LogP contribution in [0.5, 0.6) is 0 Å². The van der Waals surface area contributed by atoms with Crippen LogP contribution < -0.4 is 10.6 Å². The summed E-state index contributed by atoms with van der Waals surface area (Å²) in [6.45, 7) is 7.58. The molecule has 3 N–H and O–H groups in total. The SMILES string of the molecule is CC(C)(C)NC(=O)[C@@H]1C[C@@H]2CCCC[C@@H]2CN1C[C@@H](O)[C@H](Cc1ccccc1)NC(=O)O[C@@H]1CO[C@@H]2CCC[C@@H]21. The molecule has 4 fully saturated rings. The monoisotopic (exact) mass is 555 g/mol. The Morgan fingerprint density at radius 2 is 1.82 bits per heavy atom. The molecule has 1 aromatic rings. The molecular weight excluding hydrogens is 506 g/mol. The van der Waals surface area contributed by atoms with Crippen LogP contribution in [-0.4, -0.2) is 77.6 Å². The van der Waals surface area contributed by atoms with Crippen molar-refractivity contribution in [2.24, 2.45) is 17.8 Å². The fraction of sp³-hybridized carbons (Fsp3) is 0.750. The van der Waals surface area contributed by atoms with Crippen LogP contribution in [-0.2, 0) is 20.7 Å². The van der Waals surface area contributed by atoms with E-state index in [1.54, 1.807) is 0 Å². The van der Waals surface area contributed by atoms with Gasteiger partial charge in [-0.05, 0) is 70.3 Å². The van der Waals surface area contributed by atoms with Crippen LogP contribution in [0.25, 0.3) is 0 Å². The van der Waals surface area contributed by atoms with Gasteiger partial charge in [-0.15, -0.1) is 0 Å². The van der Waals surface area contributed by atoms with E-state index in [-0.39, 0.29) is 35.6 Å². The van der Waals surface area contributed by atoms with Gasteiger partial charge in [0.15, 0.2) is 0 Å². The molecule has 0 radical (unpaired) electrons. The molecule has 4 aliphatic rings. The number of nitrogens with one attached hydrogen (secondary N) is 2. The van der Waals surface area contributed by atoms with E-state index in [0.717, 1.165) is 37.8 Å². The Morgan fingerprint density at radius 3 is 2.58 bits per heavy atom. The Morgan fingerprint density at radius 1 is 1.07 bits per heavy atom. The highest BCUT2D eigenvalue weighted by Crippen LogP contribution is 2.39. The summed E-state index contributed by atoms with van der Waals surface area (Å²) < 4.78 is 11.7. The first-order chi connectivity index (χ1) is 19.2. The summed E-state index contributed by atoms with van der Waals surface area (Å²) in [7, 11) is 0. The first-order valence-electron chi connectivity index (χ1n) is 15.5. The minimum atomic E-state index is -0.864. The minimum absolute atomic E-state index is 0.0306. The lowest BCUT2D eigenvalue weighted by Gasteiger charge is -2.47. The molecule has 222 valence electrons. The van der Waals surface area contributed by atoms with Gasteiger partial charge in [-0.25, -0.2) is 4.79 Å². The highest BCUT2D eigenvalue weighted by molar-refractivity contribution is 5.82. The number of rotatable bonds is 8. The number of hydrogen-bond donors (Lipinski definition) is 3. The van der Waals surface area contributed by atoms with Gasteiger partial charge < -0.3 is 25.2 Å². The number of alkyl carbamates (subject to hydrolysis) is 1. The van der Waals surface area contributed by atoms with E-state index >= 15 is 0 Å². The maximum atomic E-state index is 13.5. The van der Waals surface area contributed by atoms with Crippen LogP contribution in [0.15, 0.2) is 30.3 Å². The molecule has 1 aromatic carbocycles. The lowest BCUT2D eigenvalue weighted by molar-refractivity contribution is -0.132. The zero-order valence-corrected chi connectivity index (χ0v) is 24.5. The van der Waals surface area contributed by atoms with Gasteiger partial charge in [0.25, 0.3) is 0 Å². The molecule has 0 bridgehead atoms. The Hall–Kier alpha value is -2.16. The fourth-order valence-electron chi connectivity index (χ4n) is 7.52. The summed E-state index contributed by atoms with van der Waals surface area (Å²) in [5.41, 5.74) is 0.703. The van der Waals surface area contributed by atoms with E-state index in [0.29, 0.717) is 31.4 Å². The van der Waals surface area contributed by atoms with Gasteiger partial charge in [0, 0.05) is 24.5 Å². The van der Waals surface area contributed by atoms with E-state index in [1.165, 1.54) is 25.7 Å². The minimum Gasteiger partial charge on any atom is -0.443 e. The van der Waals surface area contributed by atoms with Crippen molar-refractivity contribution in [1.29, 1.82) is 0 Å². The van der Waals surface area contributed by atoms with Gasteiger partial charge in [-0.1, -0.05) is 56.0 Å². The van der Waals surface area contributed by atoms with Gasteiger partial charge in [0.2, 0.25) is 5.91 Å². The first-order valence-corrected chi connectivity index (χ1v) is 15.5. The van der Waals surface area contributed by atoms with Gasteiger partial charge >= 0.3 is 6.09 Å². The van der Waals surface area contributed by atoms with E-state index in [1.807, 2.05) is 51.1 Å². The molecule has 0 spiro atoms. The average Bonchev–Trinajstić information content (AvgIpc) is 3.53. The number of carbonyl (C=O) groups is 2. The lowest BCUT2D eigenvalue weighted by atomic mass is 9.72. The van der Waals surface area contributed by atoms with Crippen molar-refractivity contribution in [3.8, 4) is 0 Å². The van der Waals surface area contributed by atoms with Crippen molar-refractivity contribution in [3.63, 3.8) is 0 Å². The van der Waals surface area contributed by atoms with Crippen LogP contribution in [0.4, 0.5) is 4.79 Å². The van der Waals surface area contributed by atoms with Crippen molar-refractivity contribution in [2.45, 2.75) is 114 Å². The van der Waals surface area contributed by atoms with Crippen LogP contribution in [0.1, 0.15) is 77.7 Å². The summed E-state index contributed by atoms with van der Waals surface area (Å²) in [5, 5.41) is 17.8. The average molecular weight is 556 g/mol. The quantitative estimate of drug-likeness (QED) is 0.448. The highest BCUT2D eigenvalue weighted by atomic mass is 16.6. The molecule has 2 saturated heterocycles. The molecule has 40 heavy (non-hydrogen) atoms. The molecule has 2 saturated carbocycles. The number of hydrogen-bond acceptors (Lipinski definition) is 6. The Labute approximate surface area is 239 Å². The van der Waals surface area contributed by atoms with E-state index in [4.69, 9.17) is 9.47 Å². The molecule has 2 amide bonds. The maximum absolute atomic E-state index is 13.5. The molecule has 2 aliphatic heterocycles. The van der Waals surface area contributed by atoms with Crippen molar-refractivity contribution in [2.75, 3.05) is 19.7 Å². The third kappa shape index (κ3) is 7.37.